The van der Waals surface area contributed by atoms with E-state index in [0.717, 1.165) is 19.3 Å². The van der Waals surface area contributed by atoms with Crippen LogP contribution in [0.3, 0.4) is 0 Å². The lowest BCUT2D eigenvalue weighted by atomic mass is 9.56. The van der Waals surface area contributed by atoms with E-state index in [2.05, 4.69) is 10.5 Å². The first-order valence-electron chi connectivity index (χ1n) is 15.1. The van der Waals surface area contributed by atoms with E-state index in [0.29, 0.717) is 0 Å². The number of aliphatic hydroxyl groups is 2. The van der Waals surface area contributed by atoms with Crippen molar-refractivity contribution in [3.8, 4) is 11.5 Å². The number of nitrogens with one attached hydrogen (secondary N) is 1. The Morgan fingerprint density at radius 2 is 1.66 bits per heavy atom. The maximum Gasteiger partial charge on any atom is 0.339 e. The van der Waals surface area contributed by atoms with Gasteiger partial charge in [-0.1, -0.05) is 11.2 Å². The van der Waals surface area contributed by atoms with Crippen molar-refractivity contribution < 1.29 is 73.7 Å². The van der Waals surface area contributed by atoms with Crippen LogP contribution in [0.1, 0.15) is 75.4 Å². The number of carboxylic acid groups (broad SMARTS) is 1. The molecule has 1 heterocycles. The Balaban J connectivity index is 1.51. The molecule has 3 aliphatic carbocycles. The molecular formula is C33H32N2O15. The molecule has 1 aliphatic heterocycles. The highest BCUT2D eigenvalue weighted by molar-refractivity contribution is 6.31. The summed E-state index contributed by atoms with van der Waals surface area (Å²) in [5, 5.41) is 71.8. The summed E-state index contributed by atoms with van der Waals surface area (Å²) in [5.41, 5.74) is -11.0. The van der Waals surface area contributed by atoms with E-state index in [1.807, 2.05) is 0 Å². The van der Waals surface area contributed by atoms with Gasteiger partial charge in [0.05, 0.1) is 29.0 Å². The number of oxime groups is 1. The number of methoxy groups -OCH3 is 3. The van der Waals surface area contributed by atoms with E-state index in [1.165, 1.54) is 27.2 Å². The van der Waals surface area contributed by atoms with Gasteiger partial charge >= 0.3 is 5.97 Å². The number of nitrogens with zero attached hydrogens (tertiary/aromatic N) is 1. The molecule has 7 N–H and O–H groups in total. The molecule has 2 aromatic rings. The number of carbonyl (C=O) groups excluding carboxylic acids is 4. The zero-order chi connectivity index (χ0) is 36.8. The normalized spacial score (nSPS) is 31.1. The molecule has 0 spiro atoms. The summed E-state index contributed by atoms with van der Waals surface area (Å²) in [7, 11) is 3.50. The number of fused-ring (bicyclic) bond motifs is 5. The van der Waals surface area contributed by atoms with Crippen LogP contribution >= 0.6 is 0 Å². The van der Waals surface area contributed by atoms with Crippen LogP contribution in [-0.2, 0) is 31.0 Å². The zero-order valence-electron chi connectivity index (χ0n) is 27.1. The lowest BCUT2D eigenvalue weighted by Crippen LogP contribution is -2.73. The Hall–Kier alpha value is -5.04. The first kappa shape index (κ1) is 34.8. The third-order valence-electron chi connectivity index (χ3n) is 9.91. The van der Waals surface area contributed by atoms with E-state index in [9.17, 15) is 54.7 Å². The van der Waals surface area contributed by atoms with Crippen LogP contribution in [0.15, 0.2) is 29.1 Å². The number of ether oxygens (including phenoxy) is 4. The molecule has 264 valence electrons. The van der Waals surface area contributed by atoms with Crippen molar-refractivity contribution >= 4 is 34.8 Å². The quantitative estimate of drug-likeness (QED) is 0.156. The van der Waals surface area contributed by atoms with E-state index >= 15 is 0 Å². The number of hydrogen-bond acceptors (Lipinski definition) is 16. The minimum atomic E-state index is -3.30. The van der Waals surface area contributed by atoms with Crippen LogP contribution in [0.5, 0.6) is 11.5 Å². The van der Waals surface area contributed by atoms with Gasteiger partial charge in [0.25, 0.3) is 0 Å². The number of phenols is 2. The predicted molar refractivity (Wildman–Crippen MR) is 165 cm³/mol. The van der Waals surface area contributed by atoms with Gasteiger partial charge in [-0.05, 0) is 31.0 Å². The second-order valence-electron chi connectivity index (χ2n) is 12.3. The van der Waals surface area contributed by atoms with Crippen LogP contribution < -0.4 is 5.32 Å². The molecule has 6 rings (SSSR count). The number of carbonyl (C=O) groups is 5. The number of carboxylic acids is 1. The van der Waals surface area contributed by atoms with Crippen molar-refractivity contribution in [1.29, 1.82) is 0 Å². The lowest BCUT2D eigenvalue weighted by Gasteiger charge is -2.52. The summed E-state index contributed by atoms with van der Waals surface area (Å²) >= 11 is 0. The Bertz CT molecular complexity index is 1990. The van der Waals surface area contributed by atoms with Crippen molar-refractivity contribution in [2.75, 3.05) is 21.3 Å². The van der Waals surface area contributed by atoms with Crippen molar-refractivity contribution in [2.24, 2.45) is 5.16 Å². The number of aryl methyl sites for hydroxylation is 1. The van der Waals surface area contributed by atoms with Crippen molar-refractivity contribution in [1.82, 2.24) is 5.32 Å². The molecule has 17 nitrogen and oxygen atoms in total. The minimum absolute atomic E-state index is 0.00646. The minimum Gasteiger partial charge on any atom is -0.507 e. The molecule has 1 saturated heterocycles. The number of aromatic hydroxyl groups is 2. The largest absolute Gasteiger partial charge is 0.507 e. The number of hydrogen-bond donors (Lipinski definition) is 7. The molecule has 0 radical (unpaired) electrons. The highest BCUT2D eigenvalue weighted by Crippen LogP contribution is 2.56. The van der Waals surface area contributed by atoms with Gasteiger partial charge in [-0.2, -0.15) is 0 Å². The number of aromatic carboxylic acids is 1. The highest BCUT2D eigenvalue weighted by atomic mass is 16.6. The summed E-state index contributed by atoms with van der Waals surface area (Å²) in [4.78, 5) is 68.4. The van der Waals surface area contributed by atoms with E-state index < -0.39 is 128 Å². The van der Waals surface area contributed by atoms with Crippen LogP contribution in [0, 0.1) is 6.92 Å². The fourth-order valence-electron chi connectivity index (χ4n) is 7.73. The molecule has 2 aromatic carbocycles. The molecular weight excluding hydrogens is 664 g/mol. The van der Waals surface area contributed by atoms with Gasteiger partial charge in [0, 0.05) is 50.5 Å². The summed E-state index contributed by atoms with van der Waals surface area (Å²) in [5.74, 6) is -8.61. The predicted octanol–water partition coefficient (Wildman–Crippen LogP) is 0.131. The van der Waals surface area contributed by atoms with Crippen molar-refractivity contribution in [2.45, 2.75) is 62.1 Å². The van der Waals surface area contributed by atoms with Gasteiger partial charge in [0.15, 0.2) is 23.2 Å². The monoisotopic (exact) mass is 696 g/mol. The first-order chi connectivity index (χ1) is 23.6. The summed E-state index contributed by atoms with van der Waals surface area (Å²) in [6.45, 7) is 2.93. The van der Waals surface area contributed by atoms with Crippen LogP contribution in [0.25, 0.3) is 0 Å². The van der Waals surface area contributed by atoms with E-state index in [1.54, 1.807) is 6.92 Å². The summed E-state index contributed by atoms with van der Waals surface area (Å²) < 4.78 is 22.1. The van der Waals surface area contributed by atoms with Crippen molar-refractivity contribution in [3.63, 3.8) is 0 Å². The molecule has 4 aliphatic rings. The maximum absolute atomic E-state index is 14.5. The Labute approximate surface area is 282 Å². The molecule has 1 fully saturated rings. The smallest absolute Gasteiger partial charge is 0.339 e. The third-order valence-corrected chi connectivity index (χ3v) is 9.91. The third kappa shape index (κ3) is 4.28. The topological polar surface area (TPSA) is 268 Å². The zero-order valence-corrected chi connectivity index (χ0v) is 27.1. The summed E-state index contributed by atoms with van der Waals surface area (Å²) in [6.07, 6.45) is -5.64. The summed E-state index contributed by atoms with van der Waals surface area (Å²) in [6, 6.07) is 2.03. The standard InChI is InChI=1S/C33H32N2O15/c1-10-6-12-7-17(37)33(49-5)29(42)20-14(28(41)32(33,45)21(12)25(40)18(10)31(43)44)8-13-19(24(20)39)16(36)9-15(23(13)38)34-30-27(48-4)22(35-46)26(47-3)11(2)50-30/h6,8-9,11,17,26-27,30,34,37,39-40,45-46H,7H2,1-5H3,(H,43,44). The van der Waals surface area contributed by atoms with Gasteiger partial charge in [0.2, 0.25) is 17.3 Å². The molecule has 50 heavy (non-hydrogen) atoms. The number of ketones is 4. The van der Waals surface area contributed by atoms with Crippen LogP contribution in [-0.4, -0.2) is 123 Å². The Morgan fingerprint density at radius 3 is 2.24 bits per heavy atom. The lowest BCUT2D eigenvalue weighted by molar-refractivity contribution is -0.181. The number of Topliss-reactive ketones (excluding diaryl/α,β-unsaturated/α-hetero) is 3. The number of rotatable bonds is 6. The van der Waals surface area contributed by atoms with Gasteiger partial charge < -0.3 is 55.0 Å². The fraction of sp³-hybridized carbons (Fsp3) is 0.394. The van der Waals surface area contributed by atoms with Crippen LogP contribution in [0.4, 0.5) is 0 Å². The average Bonchev–Trinajstić information content (AvgIpc) is 3.05. The number of phenolic OH excluding ortho intramolecular Hbond substituents is 1. The van der Waals surface area contributed by atoms with Gasteiger partial charge in [-0.3, -0.25) is 19.2 Å². The Kier molecular flexibility index (Phi) is 8.21. The molecule has 7 unspecified atom stereocenters. The van der Waals surface area contributed by atoms with E-state index in [4.69, 9.17) is 18.9 Å². The highest BCUT2D eigenvalue weighted by Gasteiger charge is 2.72. The van der Waals surface area contributed by atoms with Crippen LogP contribution in [0.2, 0.25) is 0 Å². The van der Waals surface area contributed by atoms with Crippen molar-refractivity contribution in [3.05, 3.63) is 68.4 Å². The molecule has 0 bridgehead atoms. The fourth-order valence-corrected chi connectivity index (χ4v) is 7.73. The number of allylic oxidation sites excluding steroid dienone is 2. The second-order valence-corrected chi connectivity index (χ2v) is 12.3. The SMILES string of the molecule is COC1C(=NO)C(OC)C(NC2=CC(=O)c3c(cc4c(c3O)C(=O)C3(OC)C(O)Cc5cc(C)c(C(=O)O)c(O)c5C3(O)C4=O)C2=O)OC1C. The second kappa shape index (κ2) is 11.8. The number of benzene rings is 2. The molecule has 0 amide bonds. The molecule has 7 atom stereocenters. The number of aliphatic hydroxyl groups excluding tert-OH is 1. The average molecular weight is 697 g/mol. The Morgan fingerprint density at radius 1 is 1.00 bits per heavy atom. The maximum atomic E-state index is 14.5. The van der Waals surface area contributed by atoms with Gasteiger partial charge in [0.1, 0.15) is 35.0 Å². The van der Waals surface area contributed by atoms with Gasteiger partial charge in [-0.15, -0.1) is 0 Å². The van der Waals surface area contributed by atoms with Gasteiger partial charge in [-0.25, -0.2) is 4.79 Å². The first-order valence-corrected chi connectivity index (χ1v) is 15.1. The molecule has 0 aromatic heterocycles. The molecule has 0 saturated carbocycles. The molecule has 17 heteroatoms. The van der Waals surface area contributed by atoms with E-state index in [-0.39, 0.29) is 16.8 Å².